The van der Waals surface area contributed by atoms with Crippen LogP contribution in [0, 0.1) is 0 Å². The van der Waals surface area contributed by atoms with Crippen molar-refractivity contribution in [3.63, 3.8) is 0 Å². The lowest BCUT2D eigenvalue weighted by Gasteiger charge is -2.14. The van der Waals surface area contributed by atoms with Crippen molar-refractivity contribution in [2.75, 3.05) is 13.7 Å². The van der Waals surface area contributed by atoms with Crippen LogP contribution in [0.3, 0.4) is 0 Å². The number of ether oxygens (including phenoxy) is 2. The molecule has 0 radical (unpaired) electrons. The van der Waals surface area contributed by atoms with Gasteiger partial charge in [0.15, 0.2) is 0 Å². The van der Waals surface area contributed by atoms with Crippen molar-refractivity contribution in [2.24, 2.45) is 0 Å². The molecule has 0 aliphatic carbocycles. The monoisotopic (exact) mass is 302 g/mol. The van der Waals surface area contributed by atoms with Crippen LogP contribution in [0.1, 0.15) is 18.2 Å². The van der Waals surface area contributed by atoms with E-state index in [0.717, 1.165) is 22.8 Å². The lowest BCUT2D eigenvalue weighted by Crippen LogP contribution is -2.24. The average molecular weight is 302 g/mol. The Morgan fingerprint density at radius 1 is 1.27 bits per heavy atom. The molecule has 1 heterocycles. The topological polar surface area (TPSA) is 63.6 Å². The molecule has 2 rings (SSSR count). The number of aliphatic hydroxyl groups excluding tert-OH is 1. The Hall–Kier alpha value is -2.11. The van der Waals surface area contributed by atoms with E-state index in [1.807, 2.05) is 36.4 Å². The van der Waals surface area contributed by atoms with Crippen molar-refractivity contribution in [3.8, 4) is 11.5 Å². The van der Waals surface area contributed by atoms with Crippen LogP contribution in [0.5, 0.6) is 11.5 Å². The van der Waals surface area contributed by atoms with Crippen LogP contribution in [0.25, 0.3) is 0 Å². The standard InChI is InChI=1S/C17H22N2O3/c1-13(20)10-18-11-14-9-16(21-2)6-7-17(14)22-12-15-5-3-4-8-19-15/h3-9,13,18,20H,10-12H2,1-2H3. The number of aromatic nitrogens is 1. The zero-order valence-corrected chi connectivity index (χ0v) is 13.0. The number of nitrogens with one attached hydrogen (secondary N) is 1. The van der Waals surface area contributed by atoms with Gasteiger partial charge in [0.05, 0.1) is 18.9 Å². The molecule has 2 N–H and O–H groups in total. The second-order valence-corrected chi connectivity index (χ2v) is 5.06. The van der Waals surface area contributed by atoms with Gasteiger partial charge in [-0.15, -0.1) is 0 Å². The number of methoxy groups -OCH3 is 1. The van der Waals surface area contributed by atoms with Crippen LogP contribution >= 0.6 is 0 Å². The van der Waals surface area contributed by atoms with Gasteiger partial charge in [-0.3, -0.25) is 4.98 Å². The summed E-state index contributed by atoms with van der Waals surface area (Å²) in [7, 11) is 1.64. The lowest BCUT2D eigenvalue weighted by molar-refractivity contribution is 0.190. The normalized spacial score (nSPS) is 12.0. The summed E-state index contributed by atoms with van der Waals surface area (Å²) in [5.74, 6) is 1.56. The molecule has 0 aliphatic heterocycles. The van der Waals surface area contributed by atoms with E-state index in [2.05, 4.69) is 10.3 Å². The number of rotatable bonds is 8. The van der Waals surface area contributed by atoms with Gasteiger partial charge in [-0.25, -0.2) is 0 Å². The van der Waals surface area contributed by atoms with Crippen LogP contribution in [-0.4, -0.2) is 29.8 Å². The van der Waals surface area contributed by atoms with Crippen LogP contribution < -0.4 is 14.8 Å². The van der Waals surface area contributed by atoms with Gasteiger partial charge >= 0.3 is 0 Å². The maximum atomic E-state index is 9.33. The van der Waals surface area contributed by atoms with E-state index in [-0.39, 0.29) is 6.10 Å². The molecule has 1 atom stereocenters. The van der Waals surface area contributed by atoms with Gasteiger partial charge in [0, 0.05) is 24.8 Å². The summed E-state index contributed by atoms with van der Waals surface area (Å²) in [5, 5.41) is 12.5. The van der Waals surface area contributed by atoms with E-state index in [1.54, 1.807) is 20.2 Å². The molecule has 5 heteroatoms. The number of nitrogens with zero attached hydrogens (tertiary/aromatic N) is 1. The SMILES string of the molecule is COc1ccc(OCc2ccccn2)c(CNCC(C)O)c1. The van der Waals surface area contributed by atoms with E-state index in [9.17, 15) is 5.11 Å². The number of hydrogen-bond acceptors (Lipinski definition) is 5. The number of hydrogen-bond donors (Lipinski definition) is 2. The molecule has 5 nitrogen and oxygen atoms in total. The molecule has 0 saturated carbocycles. The Morgan fingerprint density at radius 3 is 2.82 bits per heavy atom. The Balaban J connectivity index is 2.04. The second kappa shape index (κ2) is 8.36. The van der Waals surface area contributed by atoms with Crippen LogP contribution in [0.2, 0.25) is 0 Å². The van der Waals surface area contributed by atoms with E-state index in [1.165, 1.54) is 0 Å². The summed E-state index contributed by atoms with van der Waals surface area (Å²) in [4.78, 5) is 4.24. The van der Waals surface area contributed by atoms with E-state index in [4.69, 9.17) is 9.47 Å². The van der Waals surface area contributed by atoms with Crippen molar-refractivity contribution in [3.05, 3.63) is 53.9 Å². The Morgan fingerprint density at radius 2 is 2.14 bits per heavy atom. The van der Waals surface area contributed by atoms with Crippen molar-refractivity contribution in [2.45, 2.75) is 26.2 Å². The highest BCUT2D eigenvalue weighted by atomic mass is 16.5. The molecule has 0 spiro atoms. The maximum Gasteiger partial charge on any atom is 0.130 e. The first-order valence-corrected chi connectivity index (χ1v) is 7.27. The summed E-state index contributed by atoms with van der Waals surface area (Å²) in [6, 6.07) is 11.4. The Bertz CT molecular complexity index is 573. The van der Waals surface area contributed by atoms with E-state index >= 15 is 0 Å². The summed E-state index contributed by atoms with van der Waals surface area (Å²) in [5.41, 5.74) is 1.86. The summed E-state index contributed by atoms with van der Waals surface area (Å²) >= 11 is 0. The van der Waals surface area contributed by atoms with Gasteiger partial charge in [0.25, 0.3) is 0 Å². The molecular formula is C17H22N2O3. The minimum atomic E-state index is -0.386. The average Bonchev–Trinajstić information content (AvgIpc) is 2.54. The van der Waals surface area contributed by atoms with Gasteiger partial charge in [-0.2, -0.15) is 0 Å². The predicted octanol–water partition coefficient (Wildman–Crippen LogP) is 2.14. The fourth-order valence-corrected chi connectivity index (χ4v) is 2.01. The van der Waals surface area contributed by atoms with Crippen LogP contribution in [0.4, 0.5) is 0 Å². The molecule has 0 amide bonds. The number of aliphatic hydroxyl groups is 1. The third-order valence-electron chi connectivity index (χ3n) is 3.12. The Labute approximate surface area is 130 Å². The highest BCUT2D eigenvalue weighted by molar-refractivity contribution is 5.40. The minimum absolute atomic E-state index is 0.386. The predicted molar refractivity (Wildman–Crippen MR) is 85.0 cm³/mol. The fourth-order valence-electron chi connectivity index (χ4n) is 2.01. The summed E-state index contributed by atoms with van der Waals surface area (Å²) in [6.07, 6.45) is 1.36. The van der Waals surface area contributed by atoms with Crippen molar-refractivity contribution < 1.29 is 14.6 Å². The third-order valence-corrected chi connectivity index (χ3v) is 3.12. The molecular weight excluding hydrogens is 280 g/mol. The molecule has 1 aromatic carbocycles. The van der Waals surface area contributed by atoms with Gasteiger partial charge in [0.2, 0.25) is 0 Å². The highest BCUT2D eigenvalue weighted by Crippen LogP contribution is 2.24. The largest absolute Gasteiger partial charge is 0.497 e. The quantitative estimate of drug-likeness (QED) is 0.782. The fraction of sp³-hybridized carbons (Fsp3) is 0.353. The molecule has 0 bridgehead atoms. The van der Waals surface area contributed by atoms with Gasteiger partial charge in [0.1, 0.15) is 18.1 Å². The maximum absolute atomic E-state index is 9.33. The lowest BCUT2D eigenvalue weighted by atomic mass is 10.2. The van der Waals surface area contributed by atoms with Crippen molar-refractivity contribution >= 4 is 0 Å². The van der Waals surface area contributed by atoms with Crippen molar-refractivity contribution in [1.29, 1.82) is 0 Å². The van der Waals surface area contributed by atoms with Gasteiger partial charge in [-0.05, 0) is 37.3 Å². The summed E-state index contributed by atoms with van der Waals surface area (Å²) in [6.45, 7) is 3.28. The first-order valence-electron chi connectivity index (χ1n) is 7.27. The molecule has 0 saturated heterocycles. The van der Waals surface area contributed by atoms with E-state index < -0.39 is 0 Å². The number of benzene rings is 1. The summed E-state index contributed by atoms with van der Waals surface area (Å²) < 4.78 is 11.1. The molecule has 0 aliphatic rings. The minimum Gasteiger partial charge on any atom is -0.497 e. The second-order valence-electron chi connectivity index (χ2n) is 5.06. The molecule has 2 aromatic rings. The van der Waals surface area contributed by atoms with Gasteiger partial charge in [-0.1, -0.05) is 6.07 Å². The van der Waals surface area contributed by atoms with E-state index in [0.29, 0.717) is 19.7 Å². The molecule has 0 fully saturated rings. The smallest absolute Gasteiger partial charge is 0.130 e. The molecule has 1 aromatic heterocycles. The Kier molecular flexibility index (Phi) is 6.18. The van der Waals surface area contributed by atoms with Crippen molar-refractivity contribution in [1.82, 2.24) is 10.3 Å². The zero-order valence-electron chi connectivity index (χ0n) is 13.0. The molecule has 118 valence electrons. The third kappa shape index (κ3) is 5.02. The first-order chi connectivity index (χ1) is 10.7. The first kappa shape index (κ1) is 16.3. The molecule has 1 unspecified atom stereocenters. The molecule has 22 heavy (non-hydrogen) atoms. The van der Waals surface area contributed by atoms with Gasteiger partial charge < -0.3 is 19.9 Å². The van der Waals surface area contributed by atoms with Crippen LogP contribution in [-0.2, 0) is 13.2 Å². The zero-order chi connectivity index (χ0) is 15.8. The number of pyridine rings is 1. The highest BCUT2D eigenvalue weighted by Gasteiger charge is 2.07. The van der Waals surface area contributed by atoms with Crippen LogP contribution in [0.15, 0.2) is 42.6 Å².